The van der Waals surface area contributed by atoms with Crippen LogP contribution >= 0.6 is 10.6 Å². The number of benzene rings is 2. The lowest BCUT2D eigenvalue weighted by Gasteiger charge is -2.44. The molecule has 1 aliphatic rings. The molecule has 1 amide bonds. The molecule has 0 spiro atoms. The highest BCUT2D eigenvalue weighted by Gasteiger charge is 2.49. The molecule has 3 rings (SSSR count). The summed E-state index contributed by atoms with van der Waals surface area (Å²) in [6, 6.07) is 13.0. The molecule has 0 aromatic heterocycles. The van der Waals surface area contributed by atoms with E-state index in [1.165, 1.54) is 0 Å². The predicted molar refractivity (Wildman–Crippen MR) is 190 cm³/mol. The largest absolute Gasteiger partial charge is 0.394 e. The van der Waals surface area contributed by atoms with Gasteiger partial charge in [-0.1, -0.05) is 38.8 Å². The number of fused-ring (bicyclic) bond motifs is 1. The Bertz CT molecular complexity index is 1320. The van der Waals surface area contributed by atoms with Crippen molar-refractivity contribution < 1.29 is 44.5 Å². The summed E-state index contributed by atoms with van der Waals surface area (Å²) in [5.74, 6) is -0.669. The fraction of sp³-hybridized carbons (Fsp3) is 0.629. The van der Waals surface area contributed by atoms with Gasteiger partial charge in [-0.05, 0) is 73.7 Å². The average molecular weight is 696 g/mol. The Morgan fingerprint density at radius 2 is 1.71 bits per heavy atom. The van der Waals surface area contributed by atoms with Crippen molar-refractivity contribution in [2.45, 2.75) is 100 Å². The maximum Gasteiger partial charge on any atom is 0.224 e. The van der Waals surface area contributed by atoms with E-state index in [0.717, 1.165) is 24.1 Å². The molecule has 0 saturated carbocycles. The standard InChI is InChI=1S/C35H57N3O9S/c1-5-7-16-35(6-2)22-48(46,47)29-15-14-25(38(3)4)19-26(29)31(34(35)45)23-11-10-12-24(18-23)37-30(42)13-8-9-17-36-20-27(40)32(43)33(44)28(41)21-39/h10-12,14-15,18-19,27-28,31-34,36,39-41,43-47H,5-9,13,16-17,20-22H2,1-4H3,(H,37,42)/t27-,28+,31+,32+,33+,34+,35+/m0/s1. The van der Waals surface area contributed by atoms with Crippen LogP contribution in [0.25, 0.3) is 0 Å². The van der Waals surface area contributed by atoms with Gasteiger partial charge in [0.1, 0.15) is 18.3 Å². The summed E-state index contributed by atoms with van der Waals surface area (Å²) in [5, 5.41) is 66.1. The Morgan fingerprint density at radius 1 is 1.00 bits per heavy atom. The van der Waals surface area contributed by atoms with Crippen molar-refractivity contribution in [3.63, 3.8) is 0 Å². The van der Waals surface area contributed by atoms with E-state index in [0.29, 0.717) is 48.4 Å². The second-order valence-corrected chi connectivity index (χ2v) is 15.4. The van der Waals surface area contributed by atoms with Crippen LogP contribution in [0.3, 0.4) is 0 Å². The highest BCUT2D eigenvalue weighted by Crippen LogP contribution is 2.62. The highest BCUT2D eigenvalue weighted by atomic mass is 32.3. The minimum Gasteiger partial charge on any atom is -0.394 e. The van der Waals surface area contributed by atoms with Crippen LogP contribution in [0.15, 0.2) is 47.4 Å². The van der Waals surface area contributed by atoms with Crippen LogP contribution in [0.1, 0.15) is 75.8 Å². The lowest BCUT2D eigenvalue weighted by atomic mass is 9.69. The number of unbranched alkanes of at least 4 members (excludes halogenated alkanes) is 2. The van der Waals surface area contributed by atoms with Gasteiger partial charge < -0.3 is 46.2 Å². The van der Waals surface area contributed by atoms with Crippen LogP contribution in [-0.2, 0) is 4.79 Å². The molecule has 0 radical (unpaired) electrons. The molecule has 0 bridgehead atoms. The number of amides is 1. The number of aliphatic hydroxyl groups excluding tert-OH is 6. The molecule has 13 heteroatoms. The van der Waals surface area contributed by atoms with Gasteiger partial charge in [0.2, 0.25) is 5.91 Å². The molecule has 7 atom stereocenters. The molecule has 48 heavy (non-hydrogen) atoms. The van der Waals surface area contributed by atoms with Crippen LogP contribution < -0.4 is 15.5 Å². The molecule has 2 aromatic rings. The minimum atomic E-state index is -3.22. The van der Waals surface area contributed by atoms with Gasteiger partial charge in [0, 0.05) is 49.8 Å². The lowest BCUT2D eigenvalue weighted by molar-refractivity contribution is -0.116. The van der Waals surface area contributed by atoms with E-state index < -0.39 is 59.0 Å². The quantitative estimate of drug-likeness (QED) is 0.103. The number of carbonyl (C=O) groups excluding carboxylic acids is 1. The molecule has 0 fully saturated rings. The zero-order valence-electron chi connectivity index (χ0n) is 28.6. The predicted octanol–water partition coefficient (Wildman–Crippen LogP) is 3.09. The molecule has 0 aliphatic carbocycles. The van der Waals surface area contributed by atoms with Gasteiger partial charge in [-0.15, -0.1) is 0 Å². The molecule has 1 heterocycles. The number of anilines is 2. The molecule has 10 N–H and O–H groups in total. The Hall–Kier alpha value is -2.30. The van der Waals surface area contributed by atoms with E-state index in [1.807, 2.05) is 56.3 Å². The van der Waals surface area contributed by atoms with Gasteiger partial charge >= 0.3 is 0 Å². The van der Waals surface area contributed by atoms with Crippen molar-refractivity contribution in [1.29, 1.82) is 0 Å². The highest BCUT2D eigenvalue weighted by molar-refractivity contribution is 8.24. The third kappa shape index (κ3) is 9.90. The Labute approximate surface area is 286 Å². The summed E-state index contributed by atoms with van der Waals surface area (Å²) < 4.78 is 23.2. The van der Waals surface area contributed by atoms with Crippen molar-refractivity contribution in [1.82, 2.24) is 5.32 Å². The molecule has 12 nitrogen and oxygen atoms in total. The zero-order chi connectivity index (χ0) is 35.6. The first-order valence-electron chi connectivity index (χ1n) is 16.9. The molecule has 0 unspecified atom stereocenters. The SMILES string of the molecule is CCCC[C@]1(CC)CS(O)(O)c2ccc(N(C)C)cc2[C@@H](c2cccc(NC(=O)CCCCNC[C@H](O)[C@@H](O)[C@H](O)[C@H](O)CO)c2)[C@H]1O. The zero-order valence-corrected chi connectivity index (χ0v) is 29.4. The number of aliphatic hydroxyl groups is 6. The van der Waals surface area contributed by atoms with Crippen LogP contribution in [0.4, 0.5) is 11.4 Å². The van der Waals surface area contributed by atoms with E-state index in [2.05, 4.69) is 17.6 Å². The fourth-order valence-electron chi connectivity index (χ4n) is 6.54. The van der Waals surface area contributed by atoms with E-state index in [1.54, 1.807) is 12.1 Å². The van der Waals surface area contributed by atoms with E-state index >= 15 is 0 Å². The van der Waals surface area contributed by atoms with Gasteiger partial charge in [0.25, 0.3) is 0 Å². The molecular formula is C35H57N3O9S. The molecule has 2 aromatic carbocycles. The van der Waals surface area contributed by atoms with Crippen molar-refractivity contribution in [2.75, 3.05) is 49.8 Å². The summed E-state index contributed by atoms with van der Waals surface area (Å²) in [7, 11) is 0.610. The van der Waals surface area contributed by atoms with E-state index in [9.17, 15) is 39.4 Å². The summed E-state index contributed by atoms with van der Waals surface area (Å²) in [6.45, 7) is 3.73. The Morgan fingerprint density at radius 3 is 2.35 bits per heavy atom. The molecular weight excluding hydrogens is 638 g/mol. The number of nitrogens with zero attached hydrogens (tertiary/aromatic N) is 1. The molecule has 272 valence electrons. The third-order valence-corrected chi connectivity index (χ3v) is 11.6. The smallest absolute Gasteiger partial charge is 0.224 e. The fourth-order valence-corrected chi connectivity index (χ4v) is 8.87. The first kappa shape index (κ1) is 40.1. The van der Waals surface area contributed by atoms with Crippen molar-refractivity contribution in [2.24, 2.45) is 5.41 Å². The second kappa shape index (κ2) is 18.1. The maximum absolute atomic E-state index is 12.9. The van der Waals surface area contributed by atoms with Gasteiger partial charge in [0.15, 0.2) is 0 Å². The first-order chi connectivity index (χ1) is 22.7. The van der Waals surface area contributed by atoms with Crippen molar-refractivity contribution in [3.05, 3.63) is 53.6 Å². The molecule has 0 saturated heterocycles. The summed E-state index contributed by atoms with van der Waals surface area (Å²) in [6.07, 6.45) is -2.76. The van der Waals surface area contributed by atoms with Gasteiger partial charge in [-0.3, -0.25) is 13.9 Å². The summed E-state index contributed by atoms with van der Waals surface area (Å²) in [4.78, 5) is 15.3. The molecule has 1 aliphatic heterocycles. The van der Waals surface area contributed by atoms with E-state index in [4.69, 9.17) is 5.11 Å². The normalized spacial score (nSPS) is 23.7. The van der Waals surface area contributed by atoms with E-state index in [-0.39, 0.29) is 24.6 Å². The van der Waals surface area contributed by atoms with Crippen LogP contribution in [0, 0.1) is 5.41 Å². The number of rotatable bonds is 18. The summed E-state index contributed by atoms with van der Waals surface area (Å²) >= 11 is 0. The topological polar surface area (TPSA) is 206 Å². The number of hydrogen-bond acceptors (Lipinski definition) is 11. The third-order valence-electron chi connectivity index (χ3n) is 9.58. The average Bonchev–Trinajstić information content (AvgIpc) is 3.13. The van der Waals surface area contributed by atoms with Crippen LogP contribution in [0.2, 0.25) is 0 Å². The summed E-state index contributed by atoms with van der Waals surface area (Å²) in [5.41, 5.74) is 2.17. The monoisotopic (exact) mass is 695 g/mol. The Balaban J connectivity index is 1.73. The Kier molecular flexibility index (Phi) is 15.1. The van der Waals surface area contributed by atoms with Gasteiger partial charge in [0.05, 0.1) is 29.5 Å². The van der Waals surface area contributed by atoms with Gasteiger partial charge in [-0.25, -0.2) is 0 Å². The van der Waals surface area contributed by atoms with Crippen molar-refractivity contribution in [3.8, 4) is 0 Å². The van der Waals surface area contributed by atoms with Gasteiger partial charge in [-0.2, -0.15) is 10.6 Å². The lowest BCUT2D eigenvalue weighted by Crippen LogP contribution is -2.49. The minimum absolute atomic E-state index is 0.0471. The first-order valence-corrected chi connectivity index (χ1v) is 18.6. The number of hydrogen-bond donors (Lipinski definition) is 10. The van der Waals surface area contributed by atoms with Crippen LogP contribution in [-0.4, -0.2) is 116 Å². The number of carbonyl (C=O) groups is 1. The van der Waals surface area contributed by atoms with Crippen molar-refractivity contribution >= 4 is 27.9 Å². The maximum atomic E-state index is 12.9. The second-order valence-electron chi connectivity index (χ2n) is 13.3. The van der Waals surface area contributed by atoms with Crippen LogP contribution in [0.5, 0.6) is 0 Å². The number of nitrogens with one attached hydrogen (secondary N) is 2.